The molecule has 7 nitrogen and oxygen atoms in total. The molecule has 0 radical (unpaired) electrons. The van der Waals surface area contributed by atoms with Crippen molar-refractivity contribution in [3.8, 4) is 28.3 Å². The number of aromatic nitrogens is 3. The average Bonchev–Trinajstić information content (AvgIpc) is 3.58. The topological polar surface area (TPSA) is 61.5 Å². The van der Waals surface area contributed by atoms with Crippen LogP contribution in [0.3, 0.4) is 0 Å². The maximum atomic E-state index is 13.9. The van der Waals surface area contributed by atoms with E-state index in [0.717, 1.165) is 30.0 Å². The molecule has 3 heterocycles. The largest absolute Gasteiger partial charge is 0.490 e. The van der Waals surface area contributed by atoms with Crippen LogP contribution in [0, 0.1) is 5.92 Å². The van der Waals surface area contributed by atoms with Crippen molar-refractivity contribution >= 4 is 16.7 Å². The van der Waals surface area contributed by atoms with Crippen LogP contribution < -0.4 is 19.9 Å². The van der Waals surface area contributed by atoms with Gasteiger partial charge in [-0.2, -0.15) is 18.6 Å². The van der Waals surface area contributed by atoms with Crippen LogP contribution in [-0.2, 0) is 6.54 Å². The number of fused-ring (bicyclic) bond motifs is 2. The highest BCUT2D eigenvalue weighted by molar-refractivity contribution is 5.92. The minimum absolute atomic E-state index is 0.0421. The molecule has 0 atom stereocenters. The molecule has 4 aromatic rings. The third-order valence-corrected chi connectivity index (χ3v) is 6.60. The van der Waals surface area contributed by atoms with Crippen LogP contribution in [0.4, 0.5) is 14.5 Å². The molecule has 0 N–H and O–H groups in total. The molecule has 0 spiro atoms. The van der Waals surface area contributed by atoms with E-state index in [4.69, 9.17) is 9.84 Å². The molecule has 1 saturated carbocycles. The second-order valence-corrected chi connectivity index (χ2v) is 9.06. The van der Waals surface area contributed by atoms with Crippen LogP contribution in [0.5, 0.6) is 11.5 Å². The van der Waals surface area contributed by atoms with Gasteiger partial charge in [0, 0.05) is 19.8 Å². The van der Waals surface area contributed by atoms with E-state index >= 15 is 0 Å². The molecule has 2 aromatic heterocycles. The van der Waals surface area contributed by atoms with E-state index in [2.05, 4.69) is 14.2 Å². The molecule has 180 valence electrons. The first-order chi connectivity index (χ1) is 17.0. The summed E-state index contributed by atoms with van der Waals surface area (Å²) in [7, 11) is 1.98. The first-order valence-corrected chi connectivity index (χ1v) is 11.6. The molecule has 2 aromatic carbocycles. The van der Waals surface area contributed by atoms with Crippen LogP contribution in [0.15, 0.2) is 59.5 Å². The molecule has 0 unspecified atom stereocenters. The predicted molar refractivity (Wildman–Crippen MR) is 129 cm³/mol. The second kappa shape index (κ2) is 8.41. The van der Waals surface area contributed by atoms with Gasteiger partial charge in [-0.15, -0.1) is 0 Å². The van der Waals surface area contributed by atoms with Crippen molar-refractivity contribution in [2.24, 2.45) is 5.92 Å². The molecule has 1 aliphatic heterocycles. The fraction of sp³-hybridized carbons (Fsp3) is 0.308. The summed E-state index contributed by atoms with van der Waals surface area (Å²) in [6, 6.07) is 13.7. The van der Waals surface area contributed by atoms with Gasteiger partial charge in [0.05, 0.1) is 29.0 Å². The van der Waals surface area contributed by atoms with Crippen molar-refractivity contribution in [1.29, 1.82) is 0 Å². The van der Waals surface area contributed by atoms with E-state index in [-0.39, 0.29) is 11.3 Å². The number of anilines is 1. The Labute approximate surface area is 200 Å². The summed E-state index contributed by atoms with van der Waals surface area (Å²) < 4.78 is 39.0. The zero-order valence-electron chi connectivity index (χ0n) is 19.2. The molecule has 6 rings (SSSR count). The molecular formula is C26H24F2N4O3. The second-order valence-electron chi connectivity index (χ2n) is 9.06. The van der Waals surface area contributed by atoms with E-state index < -0.39 is 6.61 Å². The van der Waals surface area contributed by atoms with Crippen molar-refractivity contribution in [2.75, 3.05) is 25.1 Å². The number of benzene rings is 2. The van der Waals surface area contributed by atoms with Gasteiger partial charge in [0.15, 0.2) is 0 Å². The number of alkyl halides is 2. The van der Waals surface area contributed by atoms with Crippen molar-refractivity contribution in [1.82, 2.24) is 14.3 Å². The van der Waals surface area contributed by atoms with Gasteiger partial charge in [0.2, 0.25) is 0 Å². The van der Waals surface area contributed by atoms with Gasteiger partial charge in [-0.3, -0.25) is 4.79 Å². The minimum atomic E-state index is -2.91. The van der Waals surface area contributed by atoms with E-state index in [1.54, 1.807) is 12.1 Å². The predicted octanol–water partition coefficient (Wildman–Crippen LogP) is 4.69. The van der Waals surface area contributed by atoms with E-state index in [9.17, 15) is 13.6 Å². The highest BCUT2D eigenvalue weighted by Crippen LogP contribution is 2.35. The Morgan fingerprint density at radius 2 is 1.94 bits per heavy atom. The Hall–Kier alpha value is -3.88. The van der Waals surface area contributed by atoms with E-state index in [0.29, 0.717) is 34.9 Å². The molecule has 2 aliphatic rings. The standard InChI is InChI=1S/C26H24F2N4O3/c1-30-12-13-34-22-9-6-18(14-21(22)30)32-25(33)23(17-4-7-19(8-5-17)35-26(27)28)24-20(29-32)10-11-31(24)15-16-2-3-16/h4-11,14,16,26H,2-3,12-13,15H2,1H3. The van der Waals surface area contributed by atoms with Crippen LogP contribution in [-0.4, -0.2) is 41.2 Å². The third kappa shape index (κ3) is 4.00. The van der Waals surface area contributed by atoms with Crippen molar-refractivity contribution in [3.63, 3.8) is 0 Å². The van der Waals surface area contributed by atoms with Crippen LogP contribution >= 0.6 is 0 Å². The van der Waals surface area contributed by atoms with Gasteiger partial charge in [0.25, 0.3) is 5.56 Å². The fourth-order valence-corrected chi connectivity index (χ4v) is 4.61. The fourth-order valence-electron chi connectivity index (χ4n) is 4.61. The maximum absolute atomic E-state index is 13.9. The molecule has 1 fully saturated rings. The number of likely N-dealkylation sites (N-methyl/N-ethyl adjacent to an activating group) is 1. The molecule has 0 saturated heterocycles. The van der Waals surface area contributed by atoms with Gasteiger partial charge in [-0.05, 0) is 60.7 Å². The molecule has 0 amide bonds. The zero-order valence-corrected chi connectivity index (χ0v) is 19.2. The van der Waals surface area contributed by atoms with E-state index in [1.165, 1.54) is 29.7 Å². The number of ether oxygens (including phenoxy) is 2. The first kappa shape index (κ1) is 21.6. The SMILES string of the molecule is CN1CCOc2ccc(-n3nc4ccn(CC5CC5)c4c(-c4ccc(OC(F)F)cc4)c3=O)cc21. The van der Waals surface area contributed by atoms with E-state index in [1.807, 2.05) is 37.5 Å². The quantitative estimate of drug-likeness (QED) is 0.402. The smallest absolute Gasteiger partial charge is 0.387 e. The van der Waals surface area contributed by atoms with Gasteiger partial charge >= 0.3 is 6.61 Å². The summed E-state index contributed by atoms with van der Waals surface area (Å²) >= 11 is 0. The van der Waals surface area contributed by atoms with Crippen LogP contribution in [0.2, 0.25) is 0 Å². The molecule has 1 aliphatic carbocycles. The van der Waals surface area contributed by atoms with Gasteiger partial charge < -0.3 is 18.9 Å². The highest BCUT2D eigenvalue weighted by atomic mass is 19.3. The number of hydrogen-bond acceptors (Lipinski definition) is 5. The lowest BCUT2D eigenvalue weighted by Gasteiger charge is -2.28. The Bertz CT molecular complexity index is 1460. The van der Waals surface area contributed by atoms with Crippen LogP contribution in [0.25, 0.3) is 27.8 Å². The molecule has 35 heavy (non-hydrogen) atoms. The number of nitrogens with zero attached hydrogens (tertiary/aromatic N) is 4. The highest BCUT2D eigenvalue weighted by Gasteiger charge is 2.25. The van der Waals surface area contributed by atoms with Crippen molar-refractivity contribution < 1.29 is 18.3 Å². The zero-order chi connectivity index (χ0) is 24.1. The Morgan fingerprint density at radius 1 is 1.14 bits per heavy atom. The summed E-state index contributed by atoms with van der Waals surface area (Å²) in [5, 5.41) is 4.71. The minimum Gasteiger partial charge on any atom is -0.490 e. The molecule has 0 bridgehead atoms. The normalized spacial score (nSPS) is 15.4. The summed E-state index contributed by atoms with van der Waals surface area (Å²) in [6.45, 7) is -0.737. The summed E-state index contributed by atoms with van der Waals surface area (Å²) in [5.74, 6) is 1.40. The third-order valence-electron chi connectivity index (χ3n) is 6.60. The lowest BCUT2D eigenvalue weighted by molar-refractivity contribution is -0.0498. The maximum Gasteiger partial charge on any atom is 0.387 e. The summed E-state index contributed by atoms with van der Waals surface area (Å²) in [4.78, 5) is 16.0. The number of rotatable bonds is 6. The van der Waals surface area contributed by atoms with Crippen LogP contribution in [0.1, 0.15) is 12.8 Å². The Kier molecular flexibility index (Phi) is 5.20. The van der Waals surface area contributed by atoms with Gasteiger partial charge in [-0.25, -0.2) is 0 Å². The number of halogens is 2. The van der Waals surface area contributed by atoms with Crippen molar-refractivity contribution in [2.45, 2.75) is 26.0 Å². The molecule has 9 heteroatoms. The van der Waals surface area contributed by atoms with Gasteiger partial charge in [-0.1, -0.05) is 12.1 Å². The Morgan fingerprint density at radius 3 is 2.69 bits per heavy atom. The molecular weight excluding hydrogens is 454 g/mol. The lowest BCUT2D eigenvalue weighted by Crippen LogP contribution is -2.29. The average molecular weight is 478 g/mol. The number of hydrogen-bond donors (Lipinski definition) is 0. The Balaban J connectivity index is 1.53. The monoisotopic (exact) mass is 478 g/mol. The van der Waals surface area contributed by atoms with Gasteiger partial charge in [0.1, 0.15) is 23.6 Å². The summed E-state index contributed by atoms with van der Waals surface area (Å²) in [5.41, 5.74) is 3.77. The van der Waals surface area contributed by atoms with Crippen molar-refractivity contribution in [3.05, 3.63) is 65.1 Å². The first-order valence-electron chi connectivity index (χ1n) is 11.6. The summed E-state index contributed by atoms with van der Waals surface area (Å²) in [6.07, 6.45) is 4.31. The lowest BCUT2D eigenvalue weighted by atomic mass is 10.1.